The normalized spacial score (nSPS) is 11.1. The third-order valence-corrected chi connectivity index (χ3v) is 4.51. The molecule has 0 amide bonds. The zero-order valence-corrected chi connectivity index (χ0v) is 12.8. The first-order valence-corrected chi connectivity index (χ1v) is 7.34. The van der Waals surface area contributed by atoms with Crippen molar-refractivity contribution in [2.45, 2.75) is 6.92 Å². The minimum Gasteiger partial charge on any atom is -0.289 e. The van der Waals surface area contributed by atoms with Crippen LogP contribution >= 0.6 is 38.9 Å². The number of carbonyl (C=O) groups excluding carboxylic acids is 1. The van der Waals surface area contributed by atoms with Crippen LogP contribution in [0.15, 0.2) is 40.2 Å². The summed E-state index contributed by atoms with van der Waals surface area (Å²) < 4.78 is 1.03. The molecular weight excluding hydrogens is 332 g/mol. The van der Waals surface area contributed by atoms with Crippen molar-refractivity contribution in [3.05, 3.63) is 61.2 Å². The second-order valence-corrected chi connectivity index (χ2v) is 6.09. The predicted octanol–water partition coefficient (Wildman–Crippen LogP) is 5.37. The van der Waals surface area contributed by atoms with Crippen molar-refractivity contribution in [2.75, 3.05) is 0 Å². The van der Waals surface area contributed by atoms with Gasteiger partial charge in [0.1, 0.15) is 0 Å². The number of hydrogen-bond acceptors (Lipinski definition) is 2. The van der Waals surface area contributed by atoms with E-state index < -0.39 is 0 Å². The van der Waals surface area contributed by atoms with Gasteiger partial charge in [-0.15, -0.1) is 11.3 Å². The van der Waals surface area contributed by atoms with Crippen molar-refractivity contribution in [1.82, 2.24) is 0 Å². The lowest BCUT2D eigenvalue weighted by molar-refractivity contribution is 0.104. The second kappa shape index (κ2) is 5.83. The Morgan fingerprint density at radius 1 is 1.39 bits per heavy atom. The summed E-state index contributed by atoms with van der Waals surface area (Å²) in [6.07, 6.45) is 3.41. The molecule has 0 N–H and O–H groups in total. The number of allylic oxidation sites excluding steroid dienone is 1. The molecule has 0 bridgehead atoms. The minimum atomic E-state index is -0.0145. The van der Waals surface area contributed by atoms with Gasteiger partial charge in [0.2, 0.25) is 0 Å². The Hall–Kier alpha value is -0.900. The van der Waals surface area contributed by atoms with Crippen LogP contribution in [0.5, 0.6) is 0 Å². The van der Waals surface area contributed by atoms with E-state index in [0.717, 1.165) is 14.9 Å². The van der Waals surface area contributed by atoms with Gasteiger partial charge in [-0.25, -0.2) is 0 Å². The molecule has 4 heteroatoms. The van der Waals surface area contributed by atoms with Crippen molar-refractivity contribution < 1.29 is 4.79 Å². The molecule has 0 spiro atoms. The molecule has 2 aromatic rings. The Morgan fingerprint density at radius 3 is 2.78 bits per heavy atom. The van der Waals surface area contributed by atoms with E-state index in [2.05, 4.69) is 15.9 Å². The van der Waals surface area contributed by atoms with Crippen LogP contribution in [0.2, 0.25) is 5.02 Å². The summed E-state index contributed by atoms with van der Waals surface area (Å²) in [7, 11) is 0. The van der Waals surface area contributed by atoms with Crippen molar-refractivity contribution in [1.29, 1.82) is 0 Å². The van der Waals surface area contributed by atoms with Gasteiger partial charge in [-0.05, 0) is 64.8 Å². The molecule has 1 aromatic carbocycles. The fraction of sp³-hybridized carbons (Fsp3) is 0.0714. The highest BCUT2D eigenvalue weighted by atomic mass is 79.9. The van der Waals surface area contributed by atoms with Crippen molar-refractivity contribution >= 4 is 50.7 Å². The molecule has 0 saturated heterocycles. The number of rotatable bonds is 3. The van der Waals surface area contributed by atoms with E-state index in [-0.39, 0.29) is 5.78 Å². The first kappa shape index (κ1) is 13.5. The molecular formula is C14H10BrClOS. The van der Waals surface area contributed by atoms with Gasteiger partial charge in [0.15, 0.2) is 5.78 Å². The average Bonchev–Trinajstić information content (AvgIpc) is 2.75. The Balaban J connectivity index is 2.16. The second-order valence-electron chi connectivity index (χ2n) is 3.83. The van der Waals surface area contributed by atoms with Crippen LogP contribution in [0.4, 0.5) is 0 Å². The monoisotopic (exact) mass is 340 g/mol. The van der Waals surface area contributed by atoms with Crippen LogP contribution in [0.1, 0.15) is 20.8 Å². The Kier molecular flexibility index (Phi) is 4.38. The number of hydrogen-bond donors (Lipinski definition) is 0. The molecule has 1 heterocycles. The van der Waals surface area contributed by atoms with E-state index in [0.29, 0.717) is 10.6 Å². The third kappa shape index (κ3) is 3.31. The SMILES string of the molecule is Cc1cc(C(=O)C=Cc2cc(Br)cs2)ccc1Cl. The average molecular weight is 342 g/mol. The molecule has 0 unspecified atom stereocenters. The maximum absolute atomic E-state index is 12.0. The third-order valence-electron chi connectivity index (χ3n) is 2.43. The molecule has 0 aliphatic heterocycles. The predicted molar refractivity (Wildman–Crippen MR) is 81.6 cm³/mol. The highest BCUT2D eigenvalue weighted by Gasteiger charge is 2.04. The smallest absolute Gasteiger partial charge is 0.185 e. The summed E-state index contributed by atoms with van der Waals surface area (Å²) in [5.74, 6) is -0.0145. The molecule has 1 aromatic heterocycles. The molecule has 0 fully saturated rings. The summed E-state index contributed by atoms with van der Waals surface area (Å²) in [6, 6.07) is 7.27. The summed E-state index contributed by atoms with van der Waals surface area (Å²) in [6.45, 7) is 1.89. The maximum Gasteiger partial charge on any atom is 0.185 e. The van der Waals surface area contributed by atoms with Crippen molar-refractivity contribution in [2.24, 2.45) is 0 Å². The fourth-order valence-corrected chi connectivity index (χ4v) is 2.92. The summed E-state index contributed by atoms with van der Waals surface area (Å²) in [5, 5.41) is 2.66. The van der Waals surface area contributed by atoms with Crippen LogP contribution in [0.3, 0.4) is 0 Å². The van der Waals surface area contributed by atoms with E-state index in [1.165, 1.54) is 0 Å². The highest BCUT2D eigenvalue weighted by molar-refractivity contribution is 9.10. The molecule has 0 aliphatic carbocycles. The zero-order chi connectivity index (χ0) is 13.1. The molecule has 0 atom stereocenters. The van der Waals surface area contributed by atoms with Crippen LogP contribution in [-0.4, -0.2) is 5.78 Å². The zero-order valence-electron chi connectivity index (χ0n) is 9.61. The van der Waals surface area contributed by atoms with Gasteiger partial charge in [0, 0.05) is 25.3 Å². The molecule has 0 radical (unpaired) electrons. The molecule has 92 valence electrons. The summed E-state index contributed by atoms with van der Waals surface area (Å²) >= 11 is 10.9. The van der Waals surface area contributed by atoms with Crippen LogP contribution < -0.4 is 0 Å². The van der Waals surface area contributed by atoms with Gasteiger partial charge in [0.05, 0.1) is 0 Å². The van der Waals surface area contributed by atoms with Crippen LogP contribution in [-0.2, 0) is 0 Å². The quantitative estimate of drug-likeness (QED) is 0.542. The maximum atomic E-state index is 12.0. The van der Waals surface area contributed by atoms with E-state index in [1.54, 1.807) is 35.6 Å². The van der Waals surface area contributed by atoms with Gasteiger partial charge >= 0.3 is 0 Å². The van der Waals surface area contributed by atoms with E-state index in [4.69, 9.17) is 11.6 Å². The number of thiophene rings is 1. The van der Waals surface area contributed by atoms with E-state index in [9.17, 15) is 4.79 Å². The van der Waals surface area contributed by atoms with Gasteiger partial charge < -0.3 is 0 Å². The van der Waals surface area contributed by atoms with Crippen LogP contribution in [0, 0.1) is 6.92 Å². The number of carbonyl (C=O) groups is 1. The summed E-state index contributed by atoms with van der Waals surface area (Å²) in [4.78, 5) is 13.0. The lowest BCUT2D eigenvalue weighted by Crippen LogP contribution is -1.94. The van der Waals surface area contributed by atoms with Crippen molar-refractivity contribution in [3.63, 3.8) is 0 Å². The minimum absolute atomic E-state index is 0.0145. The molecule has 18 heavy (non-hydrogen) atoms. The Labute approximate surface area is 123 Å². The first-order chi connectivity index (χ1) is 8.56. The van der Waals surface area contributed by atoms with Gasteiger partial charge in [-0.2, -0.15) is 0 Å². The van der Waals surface area contributed by atoms with E-state index in [1.807, 2.05) is 24.4 Å². The largest absolute Gasteiger partial charge is 0.289 e. The topological polar surface area (TPSA) is 17.1 Å². The lowest BCUT2D eigenvalue weighted by Gasteiger charge is -2.00. The van der Waals surface area contributed by atoms with Gasteiger partial charge in [0.25, 0.3) is 0 Å². The molecule has 0 aliphatic rings. The van der Waals surface area contributed by atoms with Crippen molar-refractivity contribution in [3.8, 4) is 0 Å². The van der Waals surface area contributed by atoms with E-state index >= 15 is 0 Å². The standard InChI is InChI=1S/C14H10BrClOS/c1-9-6-10(2-4-13(9)16)14(17)5-3-12-7-11(15)8-18-12/h2-8H,1H3. The Bertz CT molecular complexity index is 616. The first-order valence-electron chi connectivity index (χ1n) is 5.29. The highest BCUT2D eigenvalue weighted by Crippen LogP contribution is 2.21. The number of aryl methyl sites for hydroxylation is 1. The molecule has 1 nitrogen and oxygen atoms in total. The molecule has 2 rings (SSSR count). The van der Waals surface area contributed by atoms with Gasteiger partial charge in [-0.3, -0.25) is 4.79 Å². The Morgan fingerprint density at radius 2 is 2.17 bits per heavy atom. The fourth-order valence-electron chi connectivity index (χ4n) is 1.47. The van der Waals surface area contributed by atoms with Gasteiger partial charge in [-0.1, -0.05) is 11.6 Å². The molecule has 0 saturated carbocycles. The number of halogens is 2. The summed E-state index contributed by atoms with van der Waals surface area (Å²) in [5.41, 5.74) is 1.57. The lowest BCUT2D eigenvalue weighted by atomic mass is 10.1. The van der Waals surface area contributed by atoms with Crippen LogP contribution in [0.25, 0.3) is 6.08 Å². The number of benzene rings is 1. The number of ketones is 1.